The molecule has 0 aliphatic heterocycles. The van der Waals surface area contributed by atoms with Crippen LogP contribution in [0.15, 0.2) is 180 Å². The third-order valence-corrected chi connectivity index (χ3v) is 10.9. The van der Waals surface area contributed by atoms with Gasteiger partial charge in [0.1, 0.15) is 0 Å². The SMILES string of the molecule is c1ccc2c(c1)-c1ccccc1C21c2cc(-c3ccc(-c4cnco4)cc3)ccc2-c2c1cc(-c1ccc(-c3cnco3)cc1)c1ccccc21. The number of hydrogen-bond acceptors (Lipinski definition) is 4. The predicted molar refractivity (Wildman–Crippen MR) is 202 cm³/mol. The maximum absolute atomic E-state index is 5.61. The van der Waals surface area contributed by atoms with Crippen molar-refractivity contribution in [2.45, 2.75) is 5.41 Å². The van der Waals surface area contributed by atoms with Gasteiger partial charge in [-0.05, 0) is 89.7 Å². The molecule has 0 N–H and O–H groups in total. The van der Waals surface area contributed by atoms with Gasteiger partial charge in [0.05, 0.1) is 17.8 Å². The molecule has 0 amide bonds. The van der Waals surface area contributed by atoms with E-state index in [9.17, 15) is 0 Å². The van der Waals surface area contributed by atoms with Crippen LogP contribution in [-0.2, 0) is 5.41 Å². The lowest BCUT2D eigenvalue weighted by Gasteiger charge is -2.31. The van der Waals surface area contributed by atoms with Crippen molar-refractivity contribution >= 4 is 10.8 Å². The molecule has 2 heterocycles. The minimum Gasteiger partial charge on any atom is -0.444 e. The third kappa shape index (κ3) is 3.90. The number of hydrogen-bond donors (Lipinski definition) is 0. The van der Waals surface area contributed by atoms with E-state index in [1.807, 2.05) is 0 Å². The van der Waals surface area contributed by atoms with E-state index in [1.165, 1.54) is 79.2 Å². The normalized spacial score (nSPS) is 13.3. The summed E-state index contributed by atoms with van der Waals surface area (Å²) in [6, 6.07) is 53.7. The Morgan fingerprint density at radius 2 is 0.902 bits per heavy atom. The first-order valence-corrected chi connectivity index (χ1v) is 17.2. The van der Waals surface area contributed by atoms with E-state index in [0.29, 0.717) is 0 Å². The third-order valence-electron chi connectivity index (χ3n) is 10.9. The van der Waals surface area contributed by atoms with E-state index in [4.69, 9.17) is 8.83 Å². The summed E-state index contributed by atoms with van der Waals surface area (Å²) < 4.78 is 11.2. The number of nitrogens with zero attached hydrogens (tertiary/aromatic N) is 2. The Labute approximate surface area is 294 Å². The van der Waals surface area contributed by atoms with Crippen molar-refractivity contribution in [3.05, 3.63) is 193 Å². The molecule has 0 unspecified atom stereocenters. The highest BCUT2D eigenvalue weighted by molar-refractivity contribution is 6.11. The first-order chi connectivity index (χ1) is 25.3. The van der Waals surface area contributed by atoms with Crippen LogP contribution in [-0.4, -0.2) is 9.97 Å². The summed E-state index contributed by atoms with van der Waals surface area (Å²) in [6.45, 7) is 0. The lowest BCUT2D eigenvalue weighted by Crippen LogP contribution is -2.26. The van der Waals surface area contributed by atoms with Crippen LogP contribution in [0.1, 0.15) is 22.3 Å². The van der Waals surface area contributed by atoms with Gasteiger partial charge in [0.25, 0.3) is 0 Å². The summed E-state index contributed by atoms with van der Waals surface area (Å²) in [4.78, 5) is 8.23. The Hall–Kier alpha value is -6.78. The molecular formula is C47H28N2O2. The summed E-state index contributed by atoms with van der Waals surface area (Å²) in [5.41, 5.74) is 16.7. The van der Waals surface area contributed by atoms with Crippen molar-refractivity contribution in [1.82, 2.24) is 9.97 Å². The van der Waals surface area contributed by atoms with Crippen molar-refractivity contribution in [3.63, 3.8) is 0 Å². The molecular weight excluding hydrogens is 625 g/mol. The fourth-order valence-electron chi connectivity index (χ4n) is 8.77. The van der Waals surface area contributed by atoms with Crippen LogP contribution in [0.5, 0.6) is 0 Å². The van der Waals surface area contributed by atoms with Crippen LogP contribution in [0, 0.1) is 0 Å². The van der Waals surface area contributed by atoms with Crippen LogP contribution in [0.2, 0.25) is 0 Å². The fourth-order valence-corrected chi connectivity index (χ4v) is 8.77. The van der Waals surface area contributed by atoms with E-state index in [2.05, 4.69) is 156 Å². The Balaban J connectivity index is 1.19. The first kappa shape index (κ1) is 28.1. The Morgan fingerprint density at radius 3 is 1.51 bits per heavy atom. The highest BCUT2D eigenvalue weighted by Gasteiger charge is 2.52. The van der Waals surface area contributed by atoms with E-state index < -0.39 is 5.41 Å². The van der Waals surface area contributed by atoms with Crippen LogP contribution in [0.4, 0.5) is 0 Å². The molecule has 0 saturated heterocycles. The molecule has 2 aromatic heterocycles. The van der Waals surface area contributed by atoms with Gasteiger partial charge in [-0.2, -0.15) is 0 Å². The number of aromatic nitrogens is 2. The van der Waals surface area contributed by atoms with Gasteiger partial charge in [0.15, 0.2) is 24.3 Å². The van der Waals surface area contributed by atoms with Gasteiger partial charge in [-0.15, -0.1) is 0 Å². The van der Waals surface area contributed by atoms with Gasteiger partial charge in [0.2, 0.25) is 0 Å². The van der Waals surface area contributed by atoms with Crippen molar-refractivity contribution < 1.29 is 8.83 Å². The topological polar surface area (TPSA) is 52.1 Å². The van der Waals surface area contributed by atoms with Crippen molar-refractivity contribution in [3.8, 4) is 67.2 Å². The maximum atomic E-state index is 5.61. The van der Waals surface area contributed by atoms with Gasteiger partial charge in [-0.3, -0.25) is 0 Å². The zero-order valence-electron chi connectivity index (χ0n) is 27.4. The summed E-state index contributed by atoms with van der Waals surface area (Å²) >= 11 is 0. The second kappa shape index (κ2) is 10.6. The van der Waals surface area contributed by atoms with Crippen molar-refractivity contribution in [1.29, 1.82) is 0 Å². The molecule has 2 aliphatic rings. The summed E-state index contributed by atoms with van der Waals surface area (Å²) in [5, 5.41) is 2.49. The molecule has 0 saturated carbocycles. The highest BCUT2D eigenvalue weighted by Crippen LogP contribution is 2.64. The predicted octanol–water partition coefficient (Wildman–Crippen LogP) is 11.8. The molecule has 0 bridgehead atoms. The number of benzene rings is 7. The average Bonchev–Trinajstić information content (AvgIpc) is 4.02. The molecule has 51 heavy (non-hydrogen) atoms. The fraction of sp³-hybridized carbons (Fsp3) is 0.0213. The lowest BCUT2D eigenvalue weighted by atomic mass is 9.69. The Bertz CT molecular complexity index is 2730. The standard InChI is InChI=1S/C47H28N2O2/c1-2-10-37-34(7-1)39(30-15-19-32(20-16-30)45-26-49-28-51-45)24-43-46(37)38-22-21-33(29-13-17-31(18-14-29)44-25-48-27-50-44)23-42(38)47(43)40-11-5-3-8-35(40)36-9-4-6-12-41(36)47/h1-28H. The number of fused-ring (bicyclic) bond motifs is 12. The Morgan fingerprint density at radius 1 is 0.373 bits per heavy atom. The van der Waals surface area contributed by atoms with Crippen molar-refractivity contribution in [2.24, 2.45) is 0 Å². The maximum Gasteiger partial charge on any atom is 0.181 e. The molecule has 11 rings (SSSR count). The molecule has 9 aromatic rings. The van der Waals surface area contributed by atoms with Gasteiger partial charge in [-0.25, -0.2) is 9.97 Å². The molecule has 0 fully saturated rings. The monoisotopic (exact) mass is 652 g/mol. The van der Waals surface area contributed by atoms with Crippen LogP contribution < -0.4 is 0 Å². The summed E-state index contributed by atoms with van der Waals surface area (Å²) in [5.74, 6) is 1.52. The smallest absolute Gasteiger partial charge is 0.181 e. The lowest BCUT2D eigenvalue weighted by molar-refractivity contribution is 0.571. The van der Waals surface area contributed by atoms with E-state index in [-0.39, 0.29) is 0 Å². The zero-order chi connectivity index (χ0) is 33.5. The molecule has 238 valence electrons. The average molecular weight is 653 g/mol. The van der Waals surface area contributed by atoms with Gasteiger partial charge in [-0.1, -0.05) is 133 Å². The Kier molecular flexibility index (Phi) is 5.84. The molecule has 0 radical (unpaired) electrons. The highest BCUT2D eigenvalue weighted by atomic mass is 16.3. The van der Waals surface area contributed by atoms with E-state index >= 15 is 0 Å². The van der Waals surface area contributed by atoms with Crippen LogP contribution in [0.25, 0.3) is 77.9 Å². The minimum atomic E-state index is -0.494. The molecule has 7 aromatic carbocycles. The molecule has 2 aliphatic carbocycles. The molecule has 0 atom stereocenters. The van der Waals surface area contributed by atoms with Crippen LogP contribution in [0.3, 0.4) is 0 Å². The van der Waals surface area contributed by atoms with Crippen LogP contribution >= 0.6 is 0 Å². The second-order valence-corrected chi connectivity index (χ2v) is 13.4. The second-order valence-electron chi connectivity index (χ2n) is 13.4. The zero-order valence-corrected chi connectivity index (χ0v) is 27.4. The summed E-state index contributed by atoms with van der Waals surface area (Å²) in [6.07, 6.45) is 6.46. The molecule has 4 heteroatoms. The van der Waals surface area contributed by atoms with Crippen molar-refractivity contribution in [2.75, 3.05) is 0 Å². The van der Waals surface area contributed by atoms with Gasteiger partial charge >= 0.3 is 0 Å². The summed E-state index contributed by atoms with van der Waals surface area (Å²) in [7, 11) is 0. The van der Waals surface area contributed by atoms with E-state index in [1.54, 1.807) is 12.4 Å². The van der Waals surface area contributed by atoms with Gasteiger partial charge < -0.3 is 8.83 Å². The van der Waals surface area contributed by atoms with E-state index in [0.717, 1.165) is 33.8 Å². The minimum absolute atomic E-state index is 0.494. The molecule has 4 nitrogen and oxygen atoms in total. The quantitative estimate of drug-likeness (QED) is 0.190. The first-order valence-electron chi connectivity index (χ1n) is 17.2. The van der Waals surface area contributed by atoms with Gasteiger partial charge in [0, 0.05) is 11.1 Å². The number of oxazole rings is 2. The molecule has 1 spiro atoms. The largest absolute Gasteiger partial charge is 0.444 e. The number of rotatable bonds is 4.